The van der Waals surface area contributed by atoms with E-state index >= 15 is 4.39 Å². The van der Waals surface area contributed by atoms with Gasteiger partial charge in [-0.25, -0.2) is 33.5 Å². The molecule has 10 rings (SSSR count). The van der Waals surface area contributed by atoms with Crippen molar-refractivity contribution in [3.05, 3.63) is 105 Å². The van der Waals surface area contributed by atoms with Crippen LogP contribution in [0.3, 0.4) is 0 Å². The molecule has 3 aromatic heterocycles. The zero-order valence-corrected chi connectivity index (χ0v) is 49.6. The monoisotopic (exact) mass is 1210 g/mol. The van der Waals surface area contributed by atoms with E-state index in [2.05, 4.69) is 31.8 Å². The molecular weight excluding hydrogens is 1140 g/mol. The van der Waals surface area contributed by atoms with Gasteiger partial charge < -0.3 is 57.4 Å². The Labute approximate surface area is 496 Å². The summed E-state index contributed by atoms with van der Waals surface area (Å²) in [6.07, 6.45) is 2.41. The van der Waals surface area contributed by atoms with Gasteiger partial charge in [-0.3, -0.25) is 4.90 Å². The molecule has 0 unspecified atom stereocenters. The number of ether oxygens (including phenoxy) is 10. The van der Waals surface area contributed by atoms with E-state index in [1.54, 1.807) is 49.7 Å². The second kappa shape index (κ2) is 30.1. The van der Waals surface area contributed by atoms with Crippen molar-refractivity contribution in [1.29, 1.82) is 0 Å². The number of carboxylic acid groups (broad SMARTS) is 1. The Morgan fingerprint density at radius 2 is 1.47 bits per heavy atom. The van der Waals surface area contributed by atoms with Gasteiger partial charge >= 0.3 is 5.97 Å². The highest BCUT2D eigenvalue weighted by molar-refractivity contribution is 7.22. The minimum absolute atomic E-state index is 0.00596. The van der Waals surface area contributed by atoms with Crippen molar-refractivity contribution in [3.8, 4) is 44.7 Å². The number of piperazine rings is 1. The van der Waals surface area contributed by atoms with Crippen LogP contribution in [0.25, 0.3) is 31.8 Å². The van der Waals surface area contributed by atoms with Gasteiger partial charge in [0.2, 0.25) is 12.0 Å². The summed E-state index contributed by atoms with van der Waals surface area (Å²) in [6.45, 7) is 12.1. The topological polar surface area (TPSA) is 188 Å². The number of halogens is 4. The van der Waals surface area contributed by atoms with E-state index in [0.29, 0.717) is 169 Å². The van der Waals surface area contributed by atoms with Crippen molar-refractivity contribution >= 4 is 50.7 Å². The normalized spacial score (nSPS) is 19.7. The summed E-state index contributed by atoms with van der Waals surface area (Å²) < 4.78 is 89.5. The van der Waals surface area contributed by atoms with Crippen LogP contribution in [-0.4, -0.2) is 185 Å². The maximum atomic E-state index is 16.0. The fourth-order valence-electron chi connectivity index (χ4n) is 10.4. The fraction of sp³-hybridized carbons (Fsp3) is 0.517. The van der Waals surface area contributed by atoms with Gasteiger partial charge in [0.15, 0.2) is 5.75 Å². The summed E-state index contributed by atoms with van der Waals surface area (Å²) in [5.74, 6) is -0.0364. The summed E-state index contributed by atoms with van der Waals surface area (Å²) in [6, 6.07) is 13.1. The highest BCUT2D eigenvalue weighted by Crippen LogP contribution is 2.53. The molecule has 2 atom stereocenters. The molecule has 1 N–H and O–H groups in total. The van der Waals surface area contributed by atoms with E-state index in [1.807, 2.05) is 13.8 Å². The lowest BCUT2D eigenvalue weighted by molar-refractivity contribution is -0.145. The van der Waals surface area contributed by atoms with Crippen LogP contribution in [0, 0.1) is 19.7 Å². The van der Waals surface area contributed by atoms with Crippen LogP contribution in [0.4, 0.5) is 8.78 Å². The summed E-state index contributed by atoms with van der Waals surface area (Å²) >= 11 is 16.0. The number of rotatable bonds is 25. The van der Waals surface area contributed by atoms with Gasteiger partial charge in [-0.1, -0.05) is 35.3 Å². The Morgan fingerprint density at radius 1 is 0.819 bits per heavy atom. The predicted molar refractivity (Wildman–Crippen MR) is 311 cm³/mol. The molecule has 1 saturated heterocycles. The number of aliphatic carboxylic acids is 1. The first-order valence-corrected chi connectivity index (χ1v) is 29.6. The van der Waals surface area contributed by atoms with Crippen LogP contribution >= 0.6 is 34.5 Å². The first kappa shape index (κ1) is 62.1. The molecular formula is C60H72Cl2F2N6O12S. The minimum atomic E-state index is -1.50. The molecule has 0 spiro atoms. The third-order valence-corrected chi connectivity index (χ3v) is 17.1. The molecule has 3 aliphatic heterocycles. The molecule has 2 fully saturated rings. The van der Waals surface area contributed by atoms with Gasteiger partial charge in [0.1, 0.15) is 59.3 Å². The van der Waals surface area contributed by atoms with Crippen LogP contribution in [0.2, 0.25) is 10.0 Å². The third kappa shape index (κ3) is 16.5. The molecule has 83 heavy (non-hydrogen) atoms. The van der Waals surface area contributed by atoms with Gasteiger partial charge in [-0.05, 0) is 105 Å². The highest BCUT2D eigenvalue weighted by Gasteiger charge is 2.38. The number of fused-ring (bicyclic) bond motifs is 7. The second-order valence-corrected chi connectivity index (χ2v) is 22.7. The Morgan fingerprint density at radius 3 is 2.12 bits per heavy atom. The number of carbonyl (C=O) groups is 1. The molecule has 448 valence electrons. The van der Waals surface area contributed by atoms with E-state index in [4.69, 9.17) is 75.6 Å². The van der Waals surface area contributed by atoms with Crippen LogP contribution in [0.1, 0.15) is 59.8 Å². The number of benzene rings is 3. The van der Waals surface area contributed by atoms with E-state index in [0.717, 1.165) is 26.2 Å². The number of likely N-dealkylation sites (N-methyl/N-ethyl adjacent to an activating group) is 1. The Kier molecular flexibility index (Phi) is 22.5. The number of thiophene rings is 1. The zero-order chi connectivity index (χ0) is 58.3. The summed E-state index contributed by atoms with van der Waals surface area (Å²) in [5, 5.41) is 12.0. The zero-order valence-electron chi connectivity index (χ0n) is 47.3. The maximum absolute atomic E-state index is 16.0. The molecule has 4 aliphatic rings. The number of hydrogen-bond acceptors (Lipinski definition) is 18. The van der Waals surface area contributed by atoms with Gasteiger partial charge in [0.25, 0.3) is 0 Å². The van der Waals surface area contributed by atoms with Gasteiger partial charge in [0, 0.05) is 74.4 Å². The largest absolute Gasteiger partial charge is 0.490 e. The quantitative estimate of drug-likeness (QED) is 0.0533. The van der Waals surface area contributed by atoms with Crippen LogP contribution < -0.4 is 18.9 Å². The van der Waals surface area contributed by atoms with Crippen molar-refractivity contribution in [2.75, 3.05) is 126 Å². The number of carboxylic acids is 1. The standard InChI is InChI=1S/C60H72Cl2F2N6O12S/c1-38-49-39(2)53(62)54(52(38)61)81-46(33-70-19-17-69(3)18-20-70)35-79-45-9-10-47(42(31-45)32-48(59(71)72)82-57-51-50(49)55(83-58(51)67-37-66-57)40-5-7-43(63)8-6-40)80-34-44-13-16-65-56(68-44)41-11-14-60(64,15-12-41)36-78-30-29-77-28-27-76-26-25-75-24-23-74-22-21-73-4/h5-10,13,16,31,37,41,46,48H,11-12,14-15,17-30,32-36H2,1-4H3,(H,71,72)/t41-,46-,48-,60+/m1/s1. The highest BCUT2D eigenvalue weighted by atomic mass is 35.5. The molecule has 18 nitrogen and oxygen atoms in total. The molecule has 0 radical (unpaired) electrons. The maximum Gasteiger partial charge on any atom is 0.345 e. The van der Waals surface area contributed by atoms with Crippen molar-refractivity contribution in [3.63, 3.8) is 0 Å². The SMILES string of the molecule is COCCOCCOCCOCCOCCOC[C@]1(F)CC[C@@H](c2nccc(COc3ccc4cc3C[C@H](C(=O)O)Oc3ncnc5sc(-c6ccc(F)cc6)c(c35)-c3c(C)c(Cl)c(c(Cl)c3C)O[C@H](CN3CCN(C)CC3)CO4)n2)CC1. The Balaban J connectivity index is 0.895. The lowest BCUT2D eigenvalue weighted by atomic mass is 9.80. The summed E-state index contributed by atoms with van der Waals surface area (Å²) in [7, 11) is 3.72. The third-order valence-electron chi connectivity index (χ3n) is 15.0. The van der Waals surface area contributed by atoms with Gasteiger partial charge in [0.05, 0.1) is 93.8 Å². The van der Waals surface area contributed by atoms with E-state index in [9.17, 15) is 14.3 Å². The van der Waals surface area contributed by atoms with Crippen molar-refractivity contribution in [2.45, 2.75) is 76.4 Å². The van der Waals surface area contributed by atoms with E-state index < -0.39 is 29.7 Å². The Hall–Kier alpha value is -5.43. The molecule has 4 bridgehead atoms. The summed E-state index contributed by atoms with van der Waals surface area (Å²) in [5.41, 5.74) is 2.77. The molecule has 23 heteroatoms. The molecule has 1 aliphatic carbocycles. The molecule has 0 amide bonds. The molecule has 3 aromatic carbocycles. The lowest BCUT2D eigenvalue weighted by Crippen LogP contribution is -2.49. The van der Waals surface area contributed by atoms with Crippen LogP contribution in [0.15, 0.2) is 61.1 Å². The lowest BCUT2D eigenvalue weighted by Gasteiger charge is -2.35. The van der Waals surface area contributed by atoms with Crippen LogP contribution in [0.5, 0.6) is 23.1 Å². The number of nitrogens with zero attached hydrogens (tertiary/aromatic N) is 6. The number of alkyl halides is 1. The first-order valence-electron chi connectivity index (χ1n) is 28.0. The van der Waals surface area contributed by atoms with Crippen molar-refractivity contribution in [1.82, 2.24) is 29.7 Å². The van der Waals surface area contributed by atoms with E-state index in [1.165, 1.54) is 29.8 Å². The van der Waals surface area contributed by atoms with Gasteiger partial charge in [-0.15, -0.1) is 11.3 Å². The molecule has 6 aromatic rings. The minimum Gasteiger partial charge on any atom is -0.490 e. The van der Waals surface area contributed by atoms with Gasteiger partial charge in [-0.2, -0.15) is 0 Å². The van der Waals surface area contributed by atoms with Crippen molar-refractivity contribution in [2.24, 2.45) is 0 Å². The molecule has 6 heterocycles. The average molecular weight is 1210 g/mol. The Bertz CT molecular complexity index is 3070. The number of hydrogen-bond donors (Lipinski definition) is 1. The van der Waals surface area contributed by atoms with Crippen LogP contribution in [-0.2, 0) is 46.2 Å². The van der Waals surface area contributed by atoms with Crippen molar-refractivity contribution < 1.29 is 66.1 Å². The average Bonchev–Trinajstić information content (AvgIpc) is 2.06. The smallest absolute Gasteiger partial charge is 0.345 e. The first-order chi connectivity index (χ1) is 40.3. The number of aromatic nitrogens is 4. The predicted octanol–water partition coefficient (Wildman–Crippen LogP) is 10.0. The fourth-order valence-corrected chi connectivity index (χ4v) is 12.0. The molecule has 1 saturated carbocycles. The number of methoxy groups -OCH3 is 1. The van der Waals surface area contributed by atoms with E-state index in [-0.39, 0.29) is 54.7 Å². The summed E-state index contributed by atoms with van der Waals surface area (Å²) in [4.78, 5) is 37.9. The second-order valence-electron chi connectivity index (χ2n) is 20.9.